The van der Waals surface area contributed by atoms with Crippen LogP contribution in [0.3, 0.4) is 0 Å². The van der Waals surface area contributed by atoms with Gasteiger partial charge in [-0.2, -0.15) is 0 Å². The number of hydrogen-bond acceptors (Lipinski definition) is 10. The number of hydrogen-bond donors (Lipinski definition) is 3. The first-order chi connectivity index (χ1) is 17.3. The summed E-state index contributed by atoms with van der Waals surface area (Å²) in [5.74, 6) is -2.26. The summed E-state index contributed by atoms with van der Waals surface area (Å²) in [6.07, 6.45) is 3.14. The Labute approximate surface area is 209 Å². The van der Waals surface area contributed by atoms with Crippen LogP contribution in [0.4, 0.5) is 0 Å². The second kappa shape index (κ2) is 19.0. The van der Waals surface area contributed by atoms with Crippen LogP contribution in [0.1, 0.15) is 27.1 Å². The van der Waals surface area contributed by atoms with Crippen LogP contribution in [-0.4, -0.2) is 111 Å². The Hall–Kier alpha value is -3.20. The van der Waals surface area contributed by atoms with Crippen LogP contribution in [0, 0.1) is 0 Å². The van der Waals surface area contributed by atoms with Crippen LogP contribution in [0.5, 0.6) is 0 Å². The minimum absolute atomic E-state index is 0. The minimum Gasteiger partial charge on any atom is -0.481 e. The number of rotatable bonds is 18. The largest absolute Gasteiger partial charge is 0.481 e. The normalized spacial score (nSPS) is 14.6. The number of amides is 5. The van der Waals surface area contributed by atoms with Gasteiger partial charge in [-0.05, 0) is 0 Å². The molecule has 0 saturated carbocycles. The second-order valence-electron chi connectivity index (χ2n) is 7.33. The molecule has 2 aliphatic rings. The third kappa shape index (κ3) is 15.7. The fourth-order valence-electron chi connectivity index (χ4n) is 2.64. The fraction of sp³-hybridized carbons (Fsp3) is 0.636. The summed E-state index contributed by atoms with van der Waals surface area (Å²) in [6.45, 7) is 3.14. The van der Waals surface area contributed by atoms with Crippen molar-refractivity contribution in [3.8, 4) is 0 Å². The summed E-state index contributed by atoms with van der Waals surface area (Å²) in [4.78, 5) is 65.8. The first kappa shape index (κ1) is 30.8. The number of carboxylic acids is 1. The summed E-state index contributed by atoms with van der Waals surface area (Å²) in [7, 11) is 0. The third-order valence-corrected chi connectivity index (χ3v) is 4.47. The Kier molecular flexibility index (Phi) is 16.3. The van der Waals surface area contributed by atoms with Crippen molar-refractivity contribution in [2.45, 2.75) is 25.7 Å². The lowest BCUT2D eigenvalue weighted by Gasteiger charge is -2.13. The summed E-state index contributed by atoms with van der Waals surface area (Å²) < 4.78 is 20.9. The molecule has 1 fully saturated rings. The molecular weight excluding hydrogens is 482 g/mol. The molecule has 14 nitrogen and oxygen atoms in total. The molecule has 1 saturated heterocycles. The first-order valence-electron chi connectivity index (χ1n) is 11.4. The van der Waals surface area contributed by atoms with Crippen molar-refractivity contribution in [2.24, 2.45) is 0 Å². The van der Waals surface area contributed by atoms with Crippen molar-refractivity contribution in [1.82, 2.24) is 15.5 Å². The lowest BCUT2D eigenvalue weighted by Crippen LogP contribution is -2.35. The number of carbonyl (C=O) groups is 6. The van der Waals surface area contributed by atoms with Gasteiger partial charge in [0.05, 0.1) is 59.3 Å². The van der Waals surface area contributed by atoms with Crippen LogP contribution in [-0.2, 0) is 47.7 Å². The molecule has 0 atom stereocenters. The molecule has 2 heterocycles. The number of aliphatic carboxylic acids is 1. The van der Waals surface area contributed by atoms with Gasteiger partial charge in [-0.25, -0.2) is 0 Å². The van der Waals surface area contributed by atoms with Gasteiger partial charge in [-0.3, -0.25) is 39.0 Å². The highest BCUT2D eigenvalue weighted by molar-refractivity contribution is 6.13. The minimum atomic E-state index is -0.894. The average Bonchev–Trinajstić information content (AvgIpc) is 3.37. The fourth-order valence-corrected chi connectivity index (χ4v) is 2.64. The zero-order valence-corrected chi connectivity index (χ0v) is 20.0. The maximum absolute atomic E-state index is 11.7. The number of carbonyl (C=O) groups excluding carboxylic acids is 5. The van der Waals surface area contributed by atoms with Crippen molar-refractivity contribution in [1.29, 1.82) is 0 Å². The molecule has 0 aliphatic carbocycles. The zero-order valence-electron chi connectivity index (χ0n) is 20.0. The number of imide groups is 2. The molecule has 2 aliphatic heterocycles. The van der Waals surface area contributed by atoms with Crippen LogP contribution >= 0.6 is 0 Å². The summed E-state index contributed by atoms with van der Waals surface area (Å²) in [5.41, 5.74) is 0. The van der Waals surface area contributed by atoms with Crippen molar-refractivity contribution in [3.05, 3.63) is 12.2 Å². The third-order valence-electron chi connectivity index (χ3n) is 4.47. The topological polar surface area (TPSA) is 187 Å². The highest BCUT2D eigenvalue weighted by Gasteiger charge is 2.23. The van der Waals surface area contributed by atoms with Gasteiger partial charge >= 0.3 is 5.97 Å². The van der Waals surface area contributed by atoms with Crippen molar-refractivity contribution in [2.75, 3.05) is 65.9 Å². The van der Waals surface area contributed by atoms with Crippen LogP contribution in [0.15, 0.2) is 12.2 Å². The lowest BCUT2D eigenvalue weighted by atomic mass is 10.3. The second-order valence-corrected chi connectivity index (χ2v) is 7.33. The van der Waals surface area contributed by atoms with Gasteiger partial charge < -0.3 is 29.4 Å². The number of nitrogens with zero attached hydrogens (tertiary/aromatic N) is 1. The van der Waals surface area contributed by atoms with E-state index < -0.39 is 17.8 Å². The van der Waals surface area contributed by atoms with Gasteiger partial charge in [0.25, 0.3) is 11.8 Å². The molecule has 2 rings (SSSR count). The predicted molar refractivity (Wildman–Crippen MR) is 124 cm³/mol. The molecule has 5 amide bonds. The van der Waals surface area contributed by atoms with E-state index in [2.05, 4.69) is 10.6 Å². The van der Waals surface area contributed by atoms with Gasteiger partial charge in [0.1, 0.15) is 0 Å². The number of nitrogens with one attached hydrogen (secondary N) is 2. The van der Waals surface area contributed by atoms with E-state index in [1.165, 1.54) is 12.2 Å². The van der Waals surface area contributed by atoms with E-state index in [4.69, 9.17) is 24.1 Å². The highest BCUT2D eigenvalue weighted by atomic mass is 16.6. The molecule has 36 heavy (non-hydrogen) atoms. The Morgan fingerprint density at radius 2 is 1.28 bits per heavy atom. The van der Waals surface area contributed by atoms with E-state index in [0.717, 1.165) is 4.90 Å². The molecule has 204 valence electrons. The summed E-state index contributed by atoms with van der Waals surface area (Å²) in [5, 5.41) is 13.2. The molecule has 0 unspecified atom stereocenters. The predicted octanol–water partition coefficient (Wildman–Crippen LogP) is -1.37. The smallest absolute Gasteiger partial charge is 0.305 e. The molecule has 0 spiro atoms. The van der Waals surface area contributed by atoms with E-state index >= 15 is 0 Å². The van der Waals surface area contributed by atoms with Crippen molar-refractivity contribution in [3.63, 3.8) is 0 Å². The van der Waals surface area contributed by atoms with Crippen molar-refractivity contribution < 1.29 is 54.2 Å². The van der Waals surface area contributed by atoms with Crippen molar-refractivity contribution >= 4 is 35.5 Å². The lowest BCUT2D eigenvalue weighted by molar-refractivity contribution is -0.139. The maximum atomic E-state index is 11.7. The monoisotopic (exact) mass is 517 g/mol. The van der Waals surface area contributed by atoms with Gasteiger partial charge in [-0.15, -0.1) is 0 Å². The molecule has 3 N–H and O–H groups in total. The van der Waals surface area contributed by atoms with Gasteiger partial charge in [0.2, 0.25) is 17.7 Å². The molecule has 14 heteroatoms. The van der Waals surface area contributed by atoms with Crippen LogP contribution in [0.25, 0.3) is 0 Å². The SMILES string of the molecule is O=C(O)CCOCCOCCOCCOCCNC(=O)CCN1C(=O)C=CC1=O.O=C1CCC(=O)N1.[HH]. The van der Waals surface area contributed by atoms with E-state index in [9.17, 15) is 28.8 Å². The van der Waals surface area contributed by atoms with E-state index in [1.54, 1.807) is 0 Å². The number of ether oxygens (including phenoxy) is 4. The van der Waals surface area contributed by atoms with E-state index in [-0.39, 0.29) is 45.1 Å². The first-order valence-corrected chi connectivity index (χ1v) is 11.4. The van der Waals surface area contributed by atoms with Crippen LogP contribution in [0.2, 0.25) is 0 Å². The highest BCUT2D eigenvalue weighted by Crippen LogP contribution is 2.03. The molecule has 0 aromatic rings. The molecule has 0 aromatic carbocycles. The average molecular weight is 518 g/mol. The standard InChI is InChI=1S/C18H28N2O9.C4H5NO2.H2/c21-15(3-6-20-16(22)1-2-17(20)23)19-5-8-27-10-12-29-14-13-28-11-9-26-7-4-18(24)25;6-3-1-2-4(7)5-3;/h1-2H,3-14H2,(H,19,21)(H,24,25);1-2H2,(H,5,6,7);1H. The number of carboxylic acid groups (broad SMARTS) is 1. The van der Waals surface area contributed by atoms with Gasteiger partial charge in [0.15, 0.2) is 0 Å². The van der Waals surface area contributed by atoms with E-state index in [1.807, 2.05) is 0 Å². The molecule has 0 radical (unpaired) electrons. The Morgan fingerprint density at radius 1 is 0.806 bits per heavy atom. The Bertz CT molecular complexity index is 760. The molecular formula is C22H35N3O11. The Balaban J connectivity index is 0.00000139. The summed E-state index contributed by atoms with van der Waals surface area (Å²) in [6, 6.07) is 0. The molecule has 0 bridgehead atoms. The quantitative estimate of drug-likeness (QED) is 0.144. The van der Waals surface area contributed by atoms with Crippen LogP contribution < -0.4 is 10.6 Å². The Morgan fingerprint density at radius 3 is 1.72 bits per heavy atom. The maximum Gasteiger partial charge on any atom is 0.305 e. The molecule has 0 aromatic heterocycles. The summed E-state index contributed by atoms with van der Waals surface area (Å²) >= 11 is 0. The van der Waals surface area contributed by atoms with Gasteiger partial charge in [0, 0.05) is 45.9 Å². The van der Waals surface area contributed by atoms with E-state index in [0.29, 0.717) is 65.6 Å². The van der Waals surface area contributed by atoms with Gasteiger partial charge in [-0.1, -0.05) is 0 Å². The zero-order chi connectivity index (χ0) is 26.6.